The summed E-state index contributed by atoms with van der Waals surface area (Å²) in [5.74, 6) is 0.560. The standard InChI is InChI=1S/C9H16N2O/c1-7(2)8(3)11-6-10-4-9(11)5-12/h4,6-8,12H,5H2,1-3H3. The van der Waals surface area contributed by atoms with Gasteiger partial charge in [-0.2, -0.15) is 0 Å². The number of aromatic nitrogens is 2. The highest BCUT2D eigenvalue weighted by Crippen LogP contribution is 2.18. The van der Waals surface area contributed by atoms with Crippen LogP contribution in [0.25, 0.3) is 0 Å². The quantitative estimate of drug-likeness (QED) is 0.744. The van der Waals surface area contributed by atoms with Crippen LogP contribution in [0.4, 0.5) is 0 Å². The molecule has 1 unspecified atom stereocenters. The van der Waals surface area contributed by atoms with Gasteiger partial charge >= 0.3 is 0 Å². The van der Waals surface area contributed by atoms with Gasteiger partial charge in [-0.15, -0.1) is 0 Å². The Labute approximate surface area is 73.1 Å². The molecule has 3 nitrogen and oxygen atoms in total. The second-order valence-electron chi connectivity index (χ2n) is 3.43. The maximum atomic E-state index is 8.98. The second-order valence-corrected chi connectivity index (χ2v) is 3.43. The summed E-state index contributed by atoms with van der Waals surface area (Å²) in [5, 5.41) is 8.98. The summed E-state index contributed by atoms with van der Waals surface area (Å²) in [5.41, 5.74) is 0.885. The zero-order valence-electron chi connectivity index (χ0n) is 7.86. The van der Waals surface area contributed by atoms with Crippen LogP contribution in [0.3, 0.4) is 0 Å². The molecule has 68 valence electrons. The molecule has 0 bridgehead atoms. The third-order valence-corrected chi connectivity index (χ3v) is 2.31. The van der Waals surface area contributed by atoms with E-state index in [-0.39, 0.29) is 6.61 Å². The summed E-state index contributed by atoms with van der Waals surface area (Å²) in [4.78, 5) is 4.00. The summed E-state index contributed by atoms with van der Waals surface area (Å²) in [6.45, 7) is 6.51. The molecule has 0 amide bonds. The maximum Gasteiger partial charge on any atom is 0.0951 e. The van der Waals surface area contributed by atoms with Crippen LogP contribution in [0.15, 0.2) is 12.5 Å². The first-order chi connectivity index (χ1) is 5.66. The van der Waals surface area contributed by atoms with Crippen LogP contribution in [-0.2, 0) is 6.61 Å². The Bertz CT molecular complexity index is 242. The summed E-state index contributed by atoms with van der Waals surface area (Å²) in [6, 6.07) is 0.398. The average Bonchev–Trinajstić information content (AvgIpc) is 2.49. The van der Waals surface area contributed by atoms with E-state index in [1.165, 1.54) is 0 Å². The molecule has 12 heavy (non-hydrogen) atoms. The number of rotatable bonds is 3. The number of aliphatic hydroxyl groups is 1. The molecule has 1 heterocycles. The van der Waals surface area contributed by atoms with Crippen molar-refractivity contribution in [2.24, 2.45) is 5.92 Å². The zero-order valence-corrected chi connectivity index (χ0v) is 7.86. The molecule has 1 atom stereocenters. The van der Waals surface area contributed by atoms with Crippen molar-refractivity contribution in [2.75, 3.05) is 0 Å². The molecule has 0 fully saturated rings. The summed E-state index contributed by atoms with van der Waals surface area (Å²) in [7, 11) is 0. The molecule has 1 aromatic rings. The van der Waals surface area contributed by atoms with Crippen molar-refractivity contribution in [3.63, 3.8) is 0 Å². The van der Waals surface area contributed by atoms with Crippen LogP contribution in [0.1, 0.15) is 32.5 Å². The largest absolute Gasteiger partial charge is 0.390 e. The molecule has 0 saturated heterocycles. The van der Waals surface area contributed by atoms with Gasteiger partial charge in [0, 0.05) is 6.04 Å². The highest BCUT2D eigenvalue weighted by atomic mass is 16.3. The minimum absolute atomic E-state index is 0.0665. The molecule has 0 aliphatic rings. The highest BCUT2D eigenvalue weighted by molar-refractivity contribution is 4.98. The second kappa shape index (κ2) is 3.72. The fourth-order valence-corrected chi connectivity index (χ4v) is 1.14. The molecule has 0 aliphatic heterocycles. The molecule has 1 aromatic heterocycles. The Morgan fingerprint density at radius 2 is 2.17 bits per heavy atom. The number of hydrogen-bond donors (Lipinski definition) is 1. The molecule has 0 spiro atoms. The lowest BCUT2D eigenvalue weighted by Gasteiger charge is -2.19. The van der Waals surface area contributed by atoms with Crippen molar-refractivity contribution in [3.8, 4) is 0 Å². The van der Waals surface area contributed by atoms with Gasteiger partial charge in [0.15, 0.2) is 0 Å². The number of imidazole rings is 1. The Balaban J connectivity index is 2.86. The Kier molecular flexibility index (Phi) is 2.87. The maximum absolute atomic E-state index is 8.98. The summed E-state index contributed by atoms with van der Waals surface area (Å²) >= 11 is 0. The van der Waals surface area contributed by atoms with Crippen molar-refractivity contribution in [1.29, 1.82) is 0 Å². The minimum atomic E-state index is 0.0665. The fourth-order valence-electron chi connectivity index (χ4n) is 1.14. The molecular weight excluding hydrogens is 152 g/mol. The van der Waals surface area contributed by atoms with E-state index < -0.39 is 0 Å². The molecule has 1 N–H and O–H groups in total. The lowest BCUT2D eigenvalue weighted by atomic mass is 10.1. The monoisotopic (exact) mass is 168 g/mol. The van der Waals surface area contributed by atoms with E-state index in [0.717, 1.165) is 5.69 Å². The van der Waals surface area contributed by atoms with Crippen LogP contribution in [0.5, 0.6) is 0 Å². The summed E-state index contributed by atoms with van der Waals surface area (Å²) in [6.07, 6.45) is 3.48. The van der Waals surface area contributed by atoms with Gasteiger partial charge in [0.2, 0.25) is 0 Å². The zero-order chi connectivity index (χ0) is 9.14. The van der Waals surface area contributed by atoms with Gasteiger partial charge < -0.3 is 9.67 Å². The van der Waals surface area contributed by atoms with E-state index in [9.17, 15) is 0 Å². The predicted molar refractivity (Wildman–Crippen MR) is 47.7 cm³/mol. The van der Waals surface area contributed by atoms with Crippen molar-refractivity contribution in [2.45, 2.75) is 33.4 Å². The number of aliphatic hydroxyl groups excluding tert-OH is 1. The Morgan fingerprint density at radius 1 is 1.50 bits per heavy atom. The van der Waals surface area contributed by atoms with Crippen LogP contribution in [0, 0.1) is 5.92 Å². The molecule has 3 heteroatoms. The third-order valence-electron chi connectivity index (χ3n) is 2.31. The molecule has 0 radical (unpaired) electrons. The molecular formula is C9H16N2O. The first kappa shape index (κ1) is 9.26. The van der Waals surface area contributed by atoms with Crippen LogP contribution in [-0.4, -0.2) is 14.7 Å². The number of hydrogen-bond acceptors (Lipinski definition) is 2. The molecule has 0 saturated carbocycles. The van der Waals surface area contributed by atoms with Gasteiger partial charge in [-0.3, -0.25) is 0 Å². The Morgan fingerprint density at radius 3 is 2.67 bits per heavy atom. The molecule has 1 rings (SSSR count). The average molecular weight is 168 g/mol. The van der Waals surface area contributed by atoms with Crippen molar-refractivity contribution < 1.29 is 5.11 Å². The summed E-state index contributed by atoms with van der Waals surface area (Å²) < 4.78 is 2.02. The lowest BCUT2D eigenvalue weighted by molar-refractivity contribution is 0.261. The van der Waals surface area contributed by atoms with Crippen molar-refractivity contribution in [3.05, 3.63) is 18.2 Å². The molecule has 0 aromatic carbocycles. The van der Waals surface area contributed by atoms with E-state index in [0.29, 0.717) is 12.0 Å². The van der Waals surface area contributed by atoms with Crippen LogP contribution >= 0.6 is 0 Å². The van der Waals surface area contributed by atoms with E-state index in [1.807, 2.05) is 4.57 Å². The van der Waals surface area contributed by atoms with Gasteiger partial charge in [0.05, 0.1) is 24.8 Å². The van der Waals surface area contributed by atoms with Gasteiger partial charge in [-0.25, -0.2) is 4.98 Å². The van der Waals surface area contributed by atoms with Crippen LogP contribution < -0.4 is 0 Å². The van der Waals surface area contributed by atoms with Gasteiger partial charge in [-0.1, -0.05) is 13.8 Å². The predicted octanol–water partition coefficient (Wildman–Crippen LogP) is 1.59. The Hall–Kier alpha value is -0.830. The highest BCUT2D eigenvalue weighted by Gasteiger charge is 2.11. The van der Waals surface area contributed by atoms with E-state index in [2.05, 4.69) is 25.8 Å². The van der Waals surface area contributed by atoms with Gasteiger partial charge in [0.1, 0.15) is 0 Å². The third kappa shape index (κ3) is 1.67. The smallest absolute Gasteiger partial charge is 0.0951 e. The normalized spacial score (nSPS) is 13.8. The van der Waals surface area contributed by atoms with E-state index in [1.54, 1.807) is 12.5 Å². The fraction of sp³-hybridized carbons (Fsp3) is 0.667. The number of nitrogens with zero attached hydrogens (tertiary/aromatic N) is 2. The van der Waals surface area contributed by atoms with Gasteiger partial charge in [0.25, 0.3) is 0 Å². The van der Waals surface area contributed by atoms with Crippen molar-refractivity contribution >= 4 is 0 Å². The minimum Gasteiger partial charge on any atom is -0.390 e. The van der Waals surface area contributed by atoms with E-state index in [4.69, 9.17) is 5.11 Å². The first-order valence-corrected chi connectivity index (χ1v) is 4.28. The molecule has 0 aliphatic carbocycles. The van der Waals surface area contributed by atoms with Crippen LogP contribution in [0.2, 0.25) is 0 Å². The van der Waals surface area contributed by atoms with Gasteiger partial charge in [-0.05, 0) is 12.8 Å². The van der Waals surface area contributed by atoms with E-state index >= 15 is 0 Å². The topological polar surface area (TPSA) is 38.0 Å². The van der Waals surface area contributed by atoms with Crippen molar-refractivity contribution in [1.82, 2.24) is 9.55 Å². The SMILES string of the molecule is CC(C)C(C)n1cncc1CO. The lowest BCUT2D eigenvalue weighted by Crippen LogP contribution is -2.13. The first-order valence-electron chi connectivity index (χ1n) is 4.28.